The summed E-state index contributed by atoms with van der Waals surface area (Å²) in [6.07, 6.45) is 0.0753. The fourth-order valence-corrected chi connectivity index (χ4v) is 1.30. The second-order valence-electron chi connectivity index (χ2n) is 3.42. The Morgan fingerprint density at radius 1 is 1.27 bits per heavy atom. The second kappa shape index (κ2) is 5.78. The van der Waals surface area contributed by atoms with Crippen molar-refractivity contribution in [2.24, 2.45) is 0 Å². The zero-order valence-electron chi connectivity index (χ0n) is 8.63. The molecule has 1 atom stereocenters. The van der Waals surface area contributed by atoms with Crippen LogP contribution in [0.4, 0.5) is 8.78 Å². The van der Waals surface area contributed by atoms with Crippen molar-refractivity contribution in [1.82, 2.24) is 5.32 Å². The number of benzene rings is 1. The summed E-state index contributed by atoms with van der Waals surface area (Å²) >= 11 is 0. The highest BCUT2D eigenvalue weighted by Gasteiger charge is 2.09. The van der Waals surface area contributed by atoms with E-state index < -0.39 is 17.7 Å². The normalized spacial score (nSPS) is 12.8. The third-order valence-corrected chi connectivity index (χ3v) is 2.03. The molecule has 0 aromatic heterocycles. The molecule has 2 N–H and O–H groups in total. The maximum atomic E-state index is 12.8. The predicted molar refractivity (Wildman–Crippen MR) is 54.5 cm³/mol. The quantitative estimate of drug-likeness (QED) is 0.736. The topological polar surface area (TPSA) is 32.3 Å². The lowest BCUT2D eigenvalue weighted by atomic mass is 10.1. The molecular weight excluding hydrogens is 200 g/mol. The van der Waals surface area contributed by atoms with Crippen molar-refractivity contribution < 1.29 is 13.9 Å². The zero-order valence-corrected chi connectivity index (χ0v) is 8.63. The van der Waals surface area contributed by atoms with E-state index in [1.54, 1.807) is 0 Å². The van der Waals surface area contributed by atoms with E-state index in [0.29, 0.717) is 6.54 Å². The number of hydrogen-bond donors (Lipinski definition) is 2. The van der Waals surface area contributed by atoms with Crippen LogP contribution in [0.25, 0.3) is 0 Å². The molecule has 1 rings (SSSR count). The molecule has 0 radical (unpaired) electrons. The average molecular weight is 215 g/mol. The van der Waals surface area contributed by atoms with Gasteiger partial charge in [-0.15, -0.1) is 0 Å². The molecule has 0 spiro atoms. The first-order chi connectivity index (χ1) is 7.13. The molecular formula is C11H15F2NO. The van der Waals surface area contributed by atoms with Crippen LogP contribution in [0.3, 0.4) is 0 Å². The highest BCUT2D eigenvalue weighted by atomic mass is 19.1. The lowest BCUT2D eigenvalue weighted by Crippen LogP contribution is -2.22. The van der Waals surface area contributed by atoms with E-state index in [1.165, 1.54) is 0 Å². The monoisotopic (exact) mass is 215 g/mol. The van der Waals surface area contributed by atoms with Crippen LogP contribution in [0.15, 0.2) is 18.2 Å². The highest BCUT2D eigenvalue weighted by molar-refractivity contribution is 5.20. The summed E-state index contributed by atoms with van der Waals surface area (Å²) in [6.45, 7) is 3.08. The fourth-order valence-electron chi connectivity index (χ4n) is 1.30. The van der Waals surface area contributed by atoms with E-state index in [2.05, 4.69) is 5.32 Å². The first-order valence-electron chi connectivity index (χ1n) is 4.98. The van der Waals surface area contributed by atoms with E-state index in [9.17, 15) is 13.9 Å². The first-order valence-corrected chi connectivity index (χ1v) is 4.98. The Hall–Kier alpha value is -1.00. The number of halogens is 2. The highest BCUT2D eigenvalue weighted by Crippen LogP contribution is 2.15. The Kier molecular flexibility index (Phi) is 4.65. The Morgan fingerprint density at radius 2 is 1.87 bits per heavy atom. The van der Waals surface area contributed by atoms with Crippen molar-refractivity contribution in [1.29, 1.82) is 0 Å². The molecule has 0 saturated heterocycles. The molecule has 0 aliphatic rings. The molecule has 84 valence electrons. The molecule has 0 aliphatic carbocycles. The van der Waals surface area contributed by atoms with Crippen LogP contribution in [0, 0.1) is 11.6 Å². The molecule has 1 unspecified atom stereocenters. The van der Waals surface area contributed by atoms with Crippen molar-refractivity contribution in [3.63, 3.8) is 0 Å². The summed E-state index contributed by atoms with van der Waals surface area (Å²) in [6, 6.07) is 3.07. The lowest BCUT2D eigenvalue weighted by molar-refractivity contribution is 0.174. The lowest BCUT2D eigenvalue weighted by Gasteiger charge is -2.11. The number of aliphatic hydroxyl groups excluding tert-OH is 1. The van der Waals surface area contributed by atoms with Gasteiger partial charge in [-0.2, -0.15) is 0 Å². The van der Waals surface area contributed by atoms with Crippen molar-refractivity contribution in [3.05, 3.63) is 35.4 Å². The predicted octanol–water partition coefficient (Wildman–Crippen LogP) is 2.00. The third kappa shape index (κ3) is 3.93. The van der Waals surface area contributed by atoms with E-state index in [-0.39, 0.29) is 5.56 Å². The van der Waals surface area contributed by atoms with Crippen LogP contribution >= 0.6 is 0 Å². The van der Waals surface area contributed by atoms with E-state index in [1.807, 2.05) is 6.92 Å². The van der Waals surface area contributed by atoms with Crippen LogP contribution in [0.2, 0.25) is 0 Å². The fraction of sp³-hybridized carbons (Fsp3) is 0.455. The zero-order chi connectivity index (χ0) is 11.3. The summed E-state index contributed by atoms with van der Waals surface area (Å²) in [5, 5.41) is 12.6. The first kappa shape index (κ1) is 12.1. The van der Waals surface area contributed by atoms with Crippen LogP contribution in [-0.2, 0) is 0 Å². The standard InChI is InChI=1S/C11H15F2NO/c1-2-3-14-7-11(15)8-4-9(12)6-10(13)5-8/h4-6,11,14-15H,2-3,7H2,1H3. The van der Waals surface area contributed by atoms with Gasteiger partial charge in [0.05, 0.1) is 6.10 Å². The maximum absolute atomic E-state index is 12.8. The molecule has 1 aromatic rings. The largest absolute Gasteiger partial charge is 0.387 e. The Balaban J connectivity index is 2.60. The van der Waals surface area contributed by atoms with Crippen molar-refractivity contribution in [3.8, 4) is 0 Å². The van der Waals surface area contributed by atoms with Gasteiger partial charge in [-0.3, -0.25) is 0 Å². The summed E-state index contributed by atoms with van der Waals surface area (Å²) in [5.41, 5.74) is 0.260. The Bertz CT molecular complexity index is 297. The molecule has 0 fully saturated rings. The van der Waals surface area contributed by atoms with Gasteiger partial charge in [0.2, 0.25) is 0 Å². The van der Waals surface area contributed by atoms with Gasteiger partial charge >= 0.3 is 0 Å². The van der Waals surface area contributed by atoms with Gasteiger partial charge < -0.3 is 10.4 Å². The number of hydrogen-bond acceptors (Lipinski definition) is 2. The summed E-state index contributed by atoms with van der Waals surface area (Å²) in [5.74, 6) is -1.33. The van der Waals surface area contributed by atoms with Crippen molar-refractivity contribution in [2.75, 3.05) is 13.1 Å². The minimum atomic E-state index is -0.873. The van der Waals surface area contributed by atoms with Gasteiger partial charge in [-0.25, -0.2) is 8.78 Å². The van der Waals surface area contributed by atoms with Gasteiger partial charge in [0.15, 0.2) is 0 Å². The minimum absolute atomic E-state index is 0.260. The summed E-state index contributed by atoms with van der Waals surface area (Å²) < 4.78 is 25.6. The van der Waals surface area contributed by atoms with E-state index >= 15 is 0 Å². The van der Waals surface area contributed by atoms with Gasteiger partial charge in [0, 0.05) is 12.6 Å². The van der Waals surface area contributed by atoms with E-state index in [0.717, 1.165) is 31.2 Å². The van der Waals surface area contributed by atoms with Crippen molar-refractivity contribution in [2.45, 2.75) is 19.4 Å². The van der Waals surface area contributed by atoms with Crippen LogP contribution < -0.4 is 5.32 Å². The third-order valence-electron chi connectivity index (χ3n) is 2.03. The number of rotatable bonds is 5. The number of nitrogens with one attached hydrogen (secondary N) is 1. The molecule has 2 nitrogen and oxygen atoms in total. The molecule has 0 saturated carbocycles. The molecule has 15 heavy (non-hydrogen) atoms. The Morgan fingerprint density at radius 3 is 2.40 bits per heavy atom. The van der Waals surface area contributed by atoms with Gasteiger partial charge in [0.1, 0.15) is 11.6 Å². The smallest absolute Gasteiger partial charge is 0.126 e. The van der Waals surface area contributed by atoms with Gasteiger partial charge in [-0.05, 0) is 30.7 Å². The van der Waals surface area contributed by atoms with Crippen molar-refractivity contribution >= 4 is 0 Å². The summed E-state index contributed by atoms with van der Waals surface area (Å²) in [4.78, 5) is 0. The summed E-state index contributed by atoms with van der Waals surface area (Å²) in [7, 11) is 0. The molecule has 1 aromatic carbocycles. The molecule has 0 bridgehead atoms. The molecule has 0 heterocycles. The van der Waals surface area contributed by atoms with Gasteiger partial charge in [0.25, 0.3) is 0 Å². The van der Waals surface area contributed by atoms with Crippen LogP contribution in [-0.4, -0.2) is 18.2 Å². The number of aliphatic hydroxyl groups is 1. The second-order valence-corrected chi connectivity index (χ2v) is 3.42. The van der Waals surface area contributed by atoms with Gasteiger partial charge in [-0.1, -0.05) is 6.92 Å². The average Bonchev–Trinajstić information content (AvgIpc) is 2.16. The van der Waals surface area contributed by atoms with Crippen LogP contribution in [0.1, 0.15) is 25.0 Å². The molecule has 4 heteroatoms. The van der Waals surface area contributed by atoms with E-state index in [4.69, 9.17) is 0 Å². The van der Waals surface area contributed by atoms with Crippen LogP contribution in [0.5, 0.6) is 0 Å². The minimum Gasteiger partial charge on any atom is -0.387 e. The molecule has 0 amide bonds. The SMILES string of the molecule is CCCNCC(O)c1cc(F)cc(F)c1. The maximum Gasteiger partial charge on any atom is 0.126 e. The Labute approximate surface area is 87.9 Å². The molecule has 0 aliphatic heterocycles.